The van der Waals surface area contributed by atoms with Crippen LogP contribution in [0.25, 0.3) is 10.9 Å². The number of nitrogens with zero attached hydrogens (tertiary/aromatic N) is 1. The highest BCUT2D eigenvalue weighted by atomic mass is 32.2. The van der Waals surface area contributed by atoms with E-state index in [-0.39, 0.29) is 4.90 Å². The van der Waals surface area contributed by atoms with Crippen LogP contribution in [0, 0.1) is 0 Å². The Hall–Kier alpha value is -1.31. The number of thioether (sulfide) groups is 1. The molecular formula is C14H19N3O2S2. The fraction of sp³-hybridized carbons (Fsp3) is 0.357. The van der Waals surface area contributed by atoms with Crippen molar-refractivity contribution in [3.05, 3.63) is 30.5 Å². The predicted octanol–water partition coefficient (Wildman–Crippen LogP) is 2.24. The standard InChI is InChI=1S/C14H19N3O2S2/c1-10(20-2)7-9-17-21(18,19)13-6-5-12(15)11-4-3-8-16-14(11)13/h3-6,8,10,17H,7,9,15H2,1-2H3. The summed E-state index contributed by atoms with van der Waals surface area (Å²) in [6.07, 6.45) is 4.36. The maximum atomic E-state index is 12.4. The number of sulfonamides is 1. The molecule has 0 aliphatic heterocycles. The first-order valence-corrected chi connectivity index (χ1v) is 9.38. The van der Waals surface area contributed by atoms with Gasteiger partial charge >= 0.3 is 0 Å². The lowest BCUT2D eigenvalue weighted by molar-refractivity contribution is 0.579. The smallest absolute Gasteiger partial charge is 0.242 e. The van der Waals surface area contributed by atoms with Crippen LogP contribution < -0.4 is 10.5 Å². The molecule has 1 aromatic heterocycles. The van der Waals surface area contributed by atoms with Crippen molar-refractivity contribution in [2.45, 2.75) is 23.5 Å². The van der Waals surface area contributed by atoms with Crippen LogP contribution in [-0.2, 0) is 10.0 Å². The fourth-order valence-electron chi connectivity index (χ4n) is 1.98. The number of fused-ring (bicyclic) bond motifs is 1. The van der Waals surface area contributed by atoms with E-state index in [2.05, 4.69) is 16.6 Å². The second-order valence-electron chi connectivity index (χ2n) is 4.79. The van der Waals surface area contributed by atoms with E-state index in [0.717, 1.165) is 6.42 Å². The molecule has 1 unspecified atom stereocenters. The zero-order valence-corrected chi connectivity index (χ0v) is 13.7. The van der Waals surface area contributed by atoms with Crippen molar-refractivity contribution in [1.82, 2.24) is 9.71 Å². The Morgan fingerprint density at radius 2 is 2.14 bits per heavy atom. The molecule has 1 heterocycles. The van der Waals surface area contributed by atoms with Crippen LogP contribution in [0.4, 0.5) is 5.69 Å². The zero-order valence-electron chi connectivity index (χ0n) is 12.0. The highest BCUT2D eigenvalue weighted by molar-refractivity contribution is 7.99. The summed E-state index contributed by atoms with van der Waals surface area (Å²) in [6, 6.07) is 6.61. The Kier molecular flexibility index (Phi) is 5.08. The van der Waals surface area contributed by atoms with Gasteiger partial charge in [0.25, 0.3) is 0 Å². The summed E-state index contributed by atoms with van der Waals surface area (Å²) in [5.41, 5.74) is 6.80. The SMILES string of the molecule is CSC(C)CCNS(=O)(=O)c1ccc(N)c2cccnc12. The second kappa shape index (κ2) is 6.64. The highest BCUT2D eigenvalue weighted by Gasteiger charge is 2.19. The van der Waals surface area contributed by atoms with Gasteiger partial charge in [0.1, 0.15) is 4.90 Å². The van der Waals surface area contributed by atoms with Crippen LogP contribution >= 0.6 is 11.8 Å². The van der Waals surface area contributed by atoms with Crippen LogP contribution in [0.5, 0.6) is 0 Å². The lowest BCUT2D eigenvalue weighted by atomic mass is 10.2. The van der Waals surface area contributed by atoms with Crippen LogP contribution in [0.2, 0.25) is 0 Å². The lowest BCUT2D eigenvalue weighted by Gasteiger charge is -2.12. The third-order valence-electron chi connectivity index (χ3n) is 3.30. The molecular weight excluding hydrogens is 306 g/mol. The van der Waals surface area contributed by atoms with Gasteiger partial charge in [-0.25, -0.2) is 13.1 Å². The van der Waals surface area contributed by atoms with E-state index < -0.39 is 10.0 Å². The third-order valence-corrected chi connectivity index (χ3v) is 5.83. The molecule has 7 heteroatoms. The summed E-state index contributed by atoms with van der Waals surface area (Å²) < 4.78 is 27.5. The second-order valence-corrected chi connectivity index (χ2v) is 7.80. The first kappa shape index (κ1) is 16.1. The van der Waals surface area contributed by atoms with Crippen molar-refractivity contribution in [2.75, 3.05) is 18.5 Å². The number of anilines is 1. The van der Waals surface area contributed by atoms with Gasteiger partial charge in [-0.05, 0) is 36.9 Å². The van der Waals surface area contributed by atoms with Gasteiger partial charge in [0, 0.05) is 29.1 Å². The third kappa shape index (κ3) is 3.66. The van der Waals surface area contributed by atoms with E-state index in [4.69, 9.17) is 5.73 Å². The Labute approximate surface area is 129 Å². The molecule has 2 rings (SSSR count). The van der Waals surface area contributed by atoms with Gasteiger partial charge < -0.3 is 5.73 Å². The van der Waals surface area contributed by atoms with Crippen LogP contribution in [0.3, 0.4) is 0 Å². The molecule has 0 saturated heterocycles. The maximum Gasteiger partial charge on any atom is 0.242 e. The Morgan fingerprint density at radius 1 is 1.38 bits per heavy atom. The summed E-state index contributed by atoms with van der Waals surface area (Å²) in [5.74, 6) is 0. The molecule has 114 valence electrons. The van der Waals surface area contributed by atoms with E-state index in [1.54, 1.807) is 36.2 Å². The summed E-state index contributed by atoms with van der Waals surface area (Å²) in [7, 11) is -3.58. The highest BCUT2D eigenvalue weighted by Crippen LogP contribution is 2.25. The average molecular weight is 325 g/mol. The van der Waals surface area contributed by atoms with Crippen LogP contribution in [0.15, 0.2) is 35.4 Å². The maximum absolute atomic E-state index is 12.4. The lowest BCUT2D eigenvalue weighted by Crippen LogP contribution is -2.26. The van der Waals surface area contributed by atoms with Crippen LogP contribution in [-0.4, -0.2) is 31.5 Å². The molecule has 0 saturated carbocycles. The summed E-state index contributed by atoms with van der Waals surface area (Å²) in [5, 5.41) is 1.06. The average Bonchev–Trinajstić information content (AvgIpc) is 2.47. The summed E-state index contributed by atoms with van der Waals surface area (Å²) in [6.45, 7) is 2.47. The number of pyridine rings is 1. The number of benzene rings is 1. The molecule has 0 aliphatic rings. The first-order chi connectivity index (χ1) is 9.95. The number of aromatic nitrogens is 1. The molecule has 0 radical (unpaired) electrons. The summed E-state index contributed by atoms with van der Waals surface area (Å²) in [4.78, 5) is 4.33. The van der Waals surface area contributed by atoms with Gasteiger partial charge in [0.2, 0.25) is 10.0 Å². The Morgan fingerprint density at radius 3 is 2.86 bits per heavy atom. The molecule has 3 N–H and O–H groups in total. The number of nitrogens with one attached hydrogen (secondary N) is 1. The minimum atomic E-state index is -3.58. The number of nitrogen functional groups attached to an aromatic ring is 1. The predicted molar refractivity (Wildman–Crippen MR) is 88.9 cm³/mol. The van der Waals surface area contributed by atoms with Gasteiger partial charge in [0.05, 0.1) is 5.52 Å². The van der Waals surface area contributed by atoms with Gasteiger partial charge in [-0.2, -0.15) is 11.8 Å². The van der Waals surface area contributed by atoms with E-state index in [1.165, 1.54) is 6.07 Å². The molecule has 1 atom stereocenters. The van der Waals surface area contributed by atoms with Crippen LogP contribution in [0.1, 0.15) is 13.3 Å². The van der Waals surface area contributed by atoms with Crippen molar-refractivity contribution in [1.29, 1.82) is 0 Å². The van der Waals surface area contributed by atoms with Crippen molar-refractivity contribution in [2.24, 2.45) is 0 Å². The van der Waals surface area contributed by atoms with E-state index in [1.807, 2.05) is 6.26 Å². The molecule has 0 bridgehead atoms. The minimum Gasteiger partial charge on any atom is -0.398 e. The van der Waals surface area contributed by atoms with Crippen molar-refractivity contribution in [3.63, 3.8) is 0 Å². The van der Waals surface area contributed by atoms with Crippen molar-refractivity contribution in [3.8, 4) is 0 Å². The number of rotatable bonds is 6. The fourth-order valence-corrected chi connectivity index (χ4v) is 3.54. The quantitative estimate of drug-likeness (QED) is 0.796. The molecule has 1 aromatic carbocycles. The molecule has 21 heavy (non-hydrogen) atoms. The molecule has 2 aromatic rings. The Bertz CT molecular complexity index is 732. The molecule has 0 amide bonds. The van der Waals surface area contributed by atoms with Gasteiger partial charge in [-0.3, -0.25) is 4.98 Å². The number of nitrogens with two attached hydrogens (primary N) is 1. The molecule has 0 aliphatic carbocycles. The Balaban J connectivity index is 2.31. The molecule has 0 fully saturated rings. The number of hydrogen-bond acceptors (Lipinski definition) is 5. The van der Waals surface area contributed by atoms with E-state index >= 15 is 0 Å². The van der Waals surface area contributed by atoms with Gasteiger partial charge in [0.15, 0.2) is 0 Å². The van der Waals surface area contributed by atoms with Crippen molar-refractivity contribution < 1.29 is 8.42 Å². The molecule has 0 spiro atoms. The van der Waals surface area contributed by atoms with Crippen molar-refractivity contribution >= 4 is 38.4 Å². The molecule has 5 nitrogen and oxygen atoms in total. The normalized spacial score (nSPS) is 13.4. The van der Waals surface area contributed by atoms with Gasteiger partial charge in [-0.1, -0.05) is 6.92 Å². The monoisotopic (exact) mass is 325 g/mol. The first-order valence-electron chi connectivity index (χ1n) is 6.61. The zero-order chi connectivity index (χ0) is 15.5. The largest absolute Gasteiger partial charge is 0.398 e. The topological polar surface area (TPSA) is 85.1 Å². The van der Waals surface area contributed by atoms with E-state index in [0.29, 0.717) is 28.4 Å². The van der Waals surface area contributed by atoms with Gasteiger partial charge in [-0.15, -0.1) is 0 Å². The minimum absolute atomic E-state index is 0.170. The number of hydrogen-bond donors (Lipinski definition) is 2. The van der Waals surface area contributed by atoms with E-state index in [9.17, 15) is 8.42 Å². The summed E-state index contributed by atoms with van der Waals surface area (Å²) >= 11 is 1.71.